The van der Waals surface area contributed by atoms with Crippen molar-refractivity contribution in [2.75, 3.05) is 18.6 Å². The fraction of sp³-hybridized carbons (Fsp3) is 0.698. The molecule has 3 aliphatic carbocycles. The van der Waals surface area contributed by atoms with Crippen molar-refractivity contribution in [3.8, 4) is 0 Å². The van der Waals surface area contributed by atoms with Gasteiger partial charge >= 0.3 is 5.97 Å². The Labute approximate surface area is 313 Å². The summed E-state index contributed by atoms with van der Waals surface area (Å²) in [6, 6.07) is 11.7. The number of nitrogens with zero attached hydrogens (tertiary/aromatic N) is 1. The molecule has 10 atom stereocenters. The largest absolute Gasteiger partial charge is 0.492 e. The summed E-state index contributed by atoms with van der Waals surface area (Å²) in [6.07, 6.45) is 19.6. The Balaban J connectivity index is 1.10. The van der Waals surface area contributed by atoms with E-state index in [9.17, 15) is 9.90 Å². The van der Waals surface area contributed by atoms with Crippen molar-refractivity contribution >= 4 is 27.6 Å². The number of hydrogen-bond acceptors (Lipinski definition) is 8. The first kappa shape index (κ1) is 34.9. The third kappa shape index (κ3) is 5.69. The van der Waals surface area contributed by atoms with E-state index in [4.69, 9.17) is 14.2 Å². The number of cyclic esters (lactones) is 1. The van der Waals surface area contributed by atoms with E-state index < -0.39 is 0 Å². The maximum Gasteiger partial charge on any atom is 0.343 e. The number of rotatable bonds is 3. The molecule has 276 valence electrons. The molecule has 5 heterocycles. The van der Waals surface area contributed by atoms with E-state index in [1.165, 1.54) is 69.1 Å². The molecule has 0 radical (unpaired) electrons. The van der Waals surface area contributed by atoms with Crippen LogP contribution in [0.25, 0.3) is 0 Å². The lowest BCUT2D eigenvalue weighted by Gasteiger charge is -2.53. The zero-order valence-corrected chi connectivity index (χ0v) is 32.5. The van der Waals surface area contributed by atoms with Crippen molar-refractivity contribution in [1.82, 2.24) is 4.90 Å². The minimum absolute atomic E-state index is 0.00975. The van der Waals surface area contributed by atoms with Crippen LogP contribution < -0.4 is 0 Å². The molecule has 9 rings (SSSR count). The van der Waals surface area contributed by atoms with Crippen molar-refractivity contribution in [3.63, 3.8) is 0 Å². The molecule has 5 aliphatic heterocycles. The monoisotopic (exact) mass is 731 g/mol. The maximum atomic E-state index is 12.9. The SMILES string of the molecule is COC1=C(C)C(=O)OC1=C1OC2=CCC3CSSCC4CCC5(CCCC56CCCC6)C4CC(O)C4CC(Cc5ccccc5)CC(C2C1C)N34. The van der Waals surface area contributed by atoms with Crippen LogP contribution in [-0.4, -0.2) is 58.8 Å². The first-order valence-electron chi connectivity index (χ1n) is 20.2. The van der Waals surface area contributed by atoms with Crippen LogP contribution in [0, 0.1) is 40.4 Å². The van der Waals surface area contributed by atoms with Gasteiger partial charge in [0.2, 0.25) is 5.76 Å². The van der Waals surface area contributed by atoms with Gasteiger partial charge in [-0.15, -0.1) is 0 Å². The lowest BCUT2D eigenvalue weighted by Crippen LogP contribution is -2.61. The van der Waals surface area contributed by atoms with Crippen LogP contribution in [0.1, 0.15) is 103 Å². The molecule has 1 aromatic carbocycles. The average Bonchev–Trinajstić information content (AvgIpc) is 3.94. The Kier molecular flexibility index (Phi) is 9.41. The van der Waals surface area contributed by atoms with Gasteiger partial charge in [0.05, 0.1) is 18.8 Å². The number of aliphatic hydroxyl groups excluding tert-OH is 1. The summed E-state index contributed by atoms with van der Waals surface area (Å²) in [5.41, 5.74) is 2.83. The summed E-state index contributed by atoms with van der Waals surface area (Å²) in [4.78, 5) is 15.5. The molecule has 0 aromatic heterocycles. The van der Waals surface area contributed by atoms with Crippen molar-refractivity contribution in [1.29, 1.82) is 0 Å². The predicted octanol–water partition coefficient (Wildman–Crippen LogP) is 9.21. The Hall–Kier alpha value is -1.87. The van der Waals surface area contributed by atoms with Crippen LogP contribution in [0.5, 0.6) is 0 Å². The number of hydrogen-bond donors (Lipinski definition) is 1. The number of aliphatic hydroxyl groups is 1. The van der Waals surface area contributed by atoms with Gasteiger partial charge in [-0.3, -0.25) is 4.90 Å². The highest BCUT2D eigenvalue weighted by Gasteiger charge is 2.63. The number of piperidine rings is 1. The molecule has 0 bridgehead atoms. The molecule has 8 aliphatic rings. The van der Waals surface area contributed by atoms with E-state index in [1.54, 1.807) is 14.0 Å². The smallest absolute Gasteiger partial charge is 0.343 e. The van der Waals surface area contributed by atoms with Crippen molar-refractivity contribution in [2.45, 2.75) is 128 Å². The third-order valence-electron chi connectivity index (χ3n) is 15.4. The minimum atomic E-state index is -0.360. The van der Waals surface area contributed by atoms with Gasteiger partial charge < -0.3 is 19.3 Å². The van der Waals surface area contributed by atoms with Gasteiger partial charge in [0.1, 0.15) is 5.76 Å². The van der Waals surface area contributed by atoms with Gasteiger partial charge in [-0.25, -0.2) is 4.79 Å². The highest BCUT2D eigenvalue weighted by atomic mass is 33.1. The van der Waals surface area contributed by atoms with E-state index in [2.05, 4.69) is 69.8 Å². The predicted molar refractivity (Wildman–Crippen MR) is 204 cm³/mol. The molecule has 6 fully saturated rings. The zero-order chi connectivity index (χ0) is 34.9. The molecule has 3 saturated carbocycles. The van der Waals surface area contributed by atoms with Crippen LogP contribution in [0.15, 0.2) is 65.0 Å². The van der Waals surface area contributed by atoms with Crippen LogP contribution in [0.3, 0.4) is 0 Å². The molecule has 8 heteroatoms. The second-order valence-electron chi connectivity index (χ2n) is 17.5. The van der Waals surface area contributed by atoms with E-state index >= 15 is 0 Å². The number of methoxy groups -OCH3 is 1. The second-order valence-corrected chi connectivity index (χ2v) is 20.1. The number of carbonyl (C=O) groups is 1. The van der Waals surface area contributed by atoms with Gasteiger partial charge in [-0.05, 0) is 118 Å². The highest BCUT2D eigenvalue weighted by Crippen LogP contribution is 2.71. The van der Waals surface area contributed by atoms with Crippen molar-refractivity contribution in [3.05, 3.63) is 70.6 Å². The molecule has 1 aromatic rings. The molecule has 2 spiro atoms. The summed E-state index contributed by atoms with van der Waals surface area (Å²) in [7, 11) is 5.82. The van der Waals surface area contributed by atoms with E-state index in [-0.39, 0.29) is 36.0 Å². The molecule has 6 nitrogen and oxygen atoms in total. The van der Waals surface area contributed by atoms with Crippen LogP contribution in [0.4, 0.5) is 0 Å². The Morgan fingerprint density at radius 2 is 1.73 bits per heavy atom. The fourth-order valence-electron chi connectivity index (χ4n) is 13.3. The van der Waals surface area contributed by atoms with E-state index in [0.717, 1.165) is 55.3 Å². The quantitative estimate of drug-likeness (QED) is 0.244. The number of ether oxygens (including phenoxy) is 3. The lowest BCUT2D eigenvalue weighted by atomic mass is 9.57. The topological polar surface area (TPSA) is 68.2 Å². The lowest BCUT2D eigenvalue weighted by molar-refractivity contribution is -0.133. The maximum absolute atomic E-state index is 12.9. The normalized spacial score (nSPS) is 42.2. The Morgan fingerprint density at radius 3 is 2.53 bits per heavy atom. The molecule has 3 saturated heterocycles. The summed E-state index contributed by atoms with van der Waals surface area (Å²) in [5.74, 6) is 6.54. The van der Waals surface area contributed by atoms with Gasteiger partial charge in [0.25, 0.3) is 0 Å². The summed E-state index contributed by atoms with van der Waals surface area (Å²) in [5, 5.41) is 12.9. The summed E-state index contributed by atoms with van der Waals surface area (Å²) < 4.78 is 18.3. The van der Waals surface area contributed by atoms with Gasteiger partial charge in [0.15, 0.2) is 11.5 Å². The highest BCUT2D eigenvalue weighted by molar-refractivity contribution is 8.76. The van der Waals surface area contributed by atoms with Gasteiger partial charge in [-0.2, -0.15) is 0 Å². The van der Waals surface area contributed by atoms with Gasteiger partial charge in [0, 0.05) is 41.5 Å². The number of fused-ring (bicyclic) bond motifs is 5. The van der Waals surface area contributed by atoms with Crippen molar-refractivity contribution in [2.24, 2.45) is 40.4 Å². The Morgan fingerprint density at radius 1 is 0.961 bits per heavy atom. The zero-order valence-electron chi connectivity index (χ0n) is 30.8. The summed E-state index contributed by atoms with van der Waals surface area (Å²) in [6.45, 7) is 4.01. The molecule has 10 unspecified atom stereocenters. The molecule has 0 amide bonds. The second kappa shape index (κ2) is 13.8. The van der Waals surface area contributed by atoms with Crippen molar-refractivity contribution < 1.29 is 24.1 Å². The third-order valence-corrected chi connectivity index (χ3v) is 18.0. The first-order chi connectivity index (χ1) is 24.8. The fourth-order valence-corrected chi connectivity index (χ4v) is 16.1. The standard InChI is InChI=1S/C43H57NO5S2/c1-26-37-34-22-29(20-28-10-5-4-6-11-28)21-33-35(45)23-32-30(14-19-43(32)18-9-17-42(43)15-7-8-16-42)24-50-51-25-31(44(33)34)12-13-36(37)48-39(26)40-38(47-3)27(2)41(46)49-40/h4-6,10-11,13,26,29-35,37,45H,7-9,12,14-25H2,1-3H3. The molecule has 51 heavy (non-hydrogen) atoms. The number of carbonyl (C=O) groups excluding carboxylic acids is 1. The molecule has 1 N–H and O–H groups in total. The van der Waals surface area contributed by atoms with Crippen LogP contribution in [-0.2, 0) is 25.4 Å². The number of esters is 1. The van der Waals surface area contributed by atoms with Crippen LogP contribution >= 0.6 is 21.6 Å². The minimum Gasteiger partial charge on any atom is -0.492 e. The molecular weight excluding hydrogens is 675 g/mol. The van der Waals surface area contributed by atoms with E-state index in [0.29, 0.717) is 45.8 Å². The molecular formula is C43H57NO5S2. The summed E-state index contributed by atoms with van der Waals surface area (Å²) >= 11 is 0. The Bertz CT molecular complexity index is 1590. The van der Waals surface area contributed by atoms with E-state index in [1.807, 2.05) is 0 Å². The van der Waals surface area contributed by atoms with Gasteiger partial charge in [-0.1, -0.05) is 78.1 Å². The first-order valence-corrected chi connectivity index (χ1v) is 22.6. The average molecular weight is 732 g/mol. The number of allylic oxidation sites excluding steroid dienone is 1. The van der Waals surface area contributed by atoms with Crippen LogP contribution in [0.2, 0.25) is 0 Å². The number of benzene rings is 1.